The number of hydrogen-bond acceptors (Lipinski definition) is 3. The summed E-state index contributed by atoms with van der Waals surface area (Å²) in [7, 11) is 0. The molecule has 0 bridgehead atoms. The van der Waals surface area contributed by atoms with Gasteiger partial charge >= 0.3 is 0 Å². The van der Waals surface area contributed by atoms with Crippen LogP contribution in [0, 0.1) is 11.8 Å². The number of ketones is 1. The molecule has 0 rings (SSSR count). The molecule has 0 unspecified atom stereocenters. The maximum Gasteiger partial charge on any atom is 0.152 e. The Morgan fingerprint density at radius 2 is 1.63 bits per heavy atom. The van der Waals surface area contributed by atoms with Crippen LogP contribution in [0.4, 0.5) is 0 Å². The lowest BCUT2D eigenvalue weighted by Gasteiger charge is -2.22. The van der Waals surface area contributed by atoms with Crippen LogP contribution in [0.15, 0.2) is 0 Å². The molecule has 0 aliphatic heterocycles. The summed E-state index contributed by atoms with van der Waals surface area (Å²) in [5.74, 6) is 1.18. The van der Waals surface area contributed by atoms with Crippen LogP contribution in [-0.4, -0.2) is 31.0 Å². The van der Waals surface area contributed by atoms with Crippen molar-refractivity contribution in [3.8, 4) is 0 Å². The number of carbonyl (C=O) groups is 1. The third kappa shape index (κ3) is 10.1. The van der Waals surface area contributed by atoms with Crippen molar-refractivity contribution < 1.29 is 4.79 Å². The summed E-state index contributed by atoms with van der Waals surface area (Å²) in [6.45, 7) is 14.8. The summed E-state index contributed by atoms with van der Waals surface area (Å²) in [6.07, 6.45) is 3.21. The number of carbonyl (C=O) groups excluding carboxylic acids is 1. The van der Waals surface area contributed by atoms with E-state index in [9.17, 15) is 4.79 Å². The molecule has 0 aromatic carbocycles. The molecule has 0 saturated heterocycles. The molecule has 2 N–H and O–H groups in total. The summed E-state index contributed by atoms with van der Waals surface area (Å²) in [5, 5.41) is 6.85. The van der Waals surface area contributed by atoms with E-state index >= 15 is 0 Å². The summed E-state index contributed by atoms with van der Waals surface area (Å²) in [6, 6.07) is 0.400. The van der Waals surface area contributed by atoms with Gasteiger partial charge in [-0.25, -0.2) is 0 Å². The minimum absolute atomic E-state index is 0.0325. The van der Waals surface area contributed by atoms with E-state index in [0.717, 1.165) is 32.4 Å². The highest BCUT2D eigenvalue weighted by molar-refractivity contribution is 5.85. The fourth-order valence-electron chi connectivity index (χ4n) is 2.10. The van der Waals surface area contributed by atoms with Gasteiger partial charge in [-0.3, -0.25) is 4.79 Å². The van der Waals surface area contributed by atoms with E-state index < -0.39 is 0 Å². The van der Waals surface area contributed by atoms with E-state index in [1.54, 1.807) is 0 Å². The monoisotopic (exact) mass is 270 g/mol. The number of Topliss-reactive ketones (excluding diaryl/α,β-unsaturated/α-hetero) is 1. The second-order valence-electron chi connectivity index (χ2n) is 6.52. The van der Waals surface area contributed by atoms with Gasteiger partial charge in [0.1, 0.15) is 0 Å². The molecule has 0 amide bonds. The molecule has 114 valence electrons. The second-order valence-corrected chi connectivity index (χ2v) is 6.52. The lowest BCUT2D eigenvalue weighted by Crippen LogP contribution is -2.42. The Hall–Kier alpha value is -0.410. The first-order chi connectivity index (χ1) is 8.84. The van der Waals surface area contributed by atoms with Gasteiger partial charge in [-0.15, -0.1) is 0 Å². The number of rotatable bonds is 11. The van der Waals surface area contributed by atoms with E-state index in [4.69, 9.17) is 0 Å². The Morgan fingerprint density at radius 1 is 1.00 bits per heavy atom. The fourth-order valence-corrected chi connectivity index (χ4v) is 2.10. The SMILES string of the molecule is CC(C)CNCCCC[C@H](NC(C)C)C(=O)C(C)C. The van der Waals surface area contributed by atoms with Crippen LogP contribution in [0.25, 0.3) is 0 Å². The zero-order chi connectivity index (χ0) is 14.8. The molecule has 19 heavy (non-hydrogen) atoms. The third-order valence-electron chi connectivity index (χ3n) is 3.10. The van der Waals surface area contributed by atoms with Gasteiger partial charge in [0, 0.05) is 12.0 Å². The van der Waals surface area contributed by atoms with Crippen molar-refractivity contribution in [3.63, 3.8) is 0 Å². The lowest BCUT2D eigenvalue weighted by atomic mass is 9.96. The average Bonchev–Trinajstić information content (AvgIpc) is 2.30. The van der Waals surface area contributed by atoms with Crippen molar-refractivity contribution >= 4 is 5.78 Å². The van der Waals surface area contributed by atoms with Gasteiger partial charge in [0.2, 0.25) is 0 Å². The minimum atomic E-state index is 0.0325. The van der Waals surface area contributed by atoms with Crippen LogP contribution in [0.3, 0.4) is 0 Å². The predicted molar refractivity (Wildman–Crippen MR) is 83.5 cm³/mol. The van der Waals surface area contributed by atoms with Gasteiger partial charge in [0.25, 0.3) is 0 Å². The van der Waals surface area contributed by atoms with Crippen LogP contribution in [-0.2, 0) is 4.79 Å². The van der Waals surface area contributed by atoms with Gasteiger partial charge < -0.3 is 10.6 Å². The molecule has 3 heteroatoms. The summed E-state index contributed by atoms with van der Waals surface area (Å²) < 4.78 is 0. The topological polar surface area (TPSA) is 41.1 Å². The standard InChI is InChI=1S/C16H34N2O/c1-12(2)11-17-10-8-7-9-15(18-14(5)6)16(19)13(3)4/h12-15,17-18H,7-11H2,1-6H3/t15-/m0/s1. The van der Waals surface area contributed by atoms with Gasteiger partial charge in [-0.1, -0.05) is 48.0 Å². The van der Waals surface area contributed by atoms with Crippen LogP contribution in [0.1, 0.15) is 60.8 Å². The fraction of sp³-hybridized carbons (Fsp3) is 0.938. The van der Waals surface area contributed by atoms with Crippen molar-refractivity contribution in [2.75, 3.05) is 13.1 Å². The van der Waals surface area contributed by atoms with Crippen molar-refractivity contribution in [1.82, 2.24) is 10.6 Å². The molecule has 0 heterocycles. The number of hydrogen-bond donors (Lipinski definition) is 2. The molecular weight excluding hydrogens is 236 g/mol. The molecule has 0 aliphatic rings. The Balaban J connectivity index is 3.90. The largest absolute Gasteiger partial charge is 0.316 e. The van der Waals surface area contributed by atoms with Gasteiger partial charge in [-0.2, -0.15) is 0 Å². The second kappa shape index (κ2) is 10.4. The summed E-state index contributed by atoms with van der Waals surface area (Å²) in [5.41, 5.74) is 0. The smallest absolute Gasteiger partial charge is 0.152 e. The Kier molecular flexibility index (Phi) is 10.2. The normalized spacial score (nSPS) is 13.5. The van der Waals surface area contributed by atoms with Gasteiger partial charge in [-0.05, 0) is 31.8 Å². The maximum absolute atomic E-state index is 12.1. The van der Waals surface area contributed by atoms with Gasteiger partial charge in [0.05, 0.1) is 6.04 Å². The zero-order valence-electron chi connectivity index (χ0n) is 13.8. The molecular formula is C16H34N2O. The number of unbranched alkanes of at least 4 members (excludes halogenated alkanes) is 1. The molecule has 0 aliphatic carbocycles. The molecule has 0 aromatic heterocycles. The van der Waals surface area contributed by atoms with Crippen LogP contribution in [0.5, 0.6) is 0 Å². The molecule has 0 fully saturated rings. The van der Waals surface area contributed by atoms with Crippen LogP contribution < -0.4 is 10.6 Å². The molecule has 1 atom stereocenters. The highest BCUT2D eigenvalue weighted by atomic mass is 16.1. The molecule has 3 nitrogen and oxygen atoms in total. The highest BCUT2D eigenvalue weighted by Gasteiger charge is 2.20. The Morgan fingerprint density at radius 3 is 2.11 bits per heavy atom. The first-order valence-corrected chi connectivity index (χ1v) is 7.85. The van der Waals surface area contributed by atoms with E-state index in [-0.39, 0.29) is 12.0 Å². The molecule has 0 radical (unpaired) electrons. The first kappa shape index (κ1) is 18.6. The lowest BCUT2D eigenvalue weighted by molar-refractivity contribution is -0.124. The Bertz CT molecular complexity index is 237. The molecule has 0 aromatic rings. The van der Waals surface area contributed by atoms with E-state index in [1.165, 1.54) is 0 Å². The zero-order valence-corrected chi connectivity index (χ0v) is 13.8. The van der Waals surface area contributed by atoms with E-state index in [2.05, 4.69) is 38.3 Å². The number of nitrogens with one attached hydrogen (secondary N) is 2. The summed E-state index contributed by atoms with van der Waals surface area (Å²) in [4.78, 5) is 12.1. The third-order valence-corrected chi connectivity index (χ3v) is 3.10. The molecule has 0 saturated carbocycles. The Labute approximate surface area is 119 Å². The molecule has 0 spiro atoms. The van der Waals surface area contributed by atoms with Gasteiger partial charge in [0.15, 0.2) is 5.78 Å². The van der Waals surface area contributed by atoms with E-state index in [1.807, 2.05) is 13.8 Å². The summed E-state index contributed by atoms with van der Waals surface area (Å²) >= 11 is 0. The highest BCUT2D eigenvalue weighted by Crippen LogP contribution is 2.08. The van der Waals surface area contributed by atoms with Crippen molar-refractivity contribution in [1.29, 1.82) is 0 Å². The van der Waals surface area contributed by atoms with Crippen molar-refractivity contribution in [2.45, 2.75) is 72.9 Å². The predicted octanol–water partition coefficient (Wildman–Crippen LogP) is 2.99. The van der Waals surface area contributed by atoms with E-state index in [0.29, 0.717) is 17.7 Å². The minimum Gasteiger partial charge on any atom is -0.316 e. The maximum atomic E-state index is 12.1. The van der Waals surface area contributed by atoms with Crippen LogP contribution >= 0.6 is 0 Å². The average molecular weight is 270 g/mol. The quantitative estimate of drug-likeness (QED) is 0.567. The first-order valence-electron chi connectivity index (χ1n) is 7.85. The van der Waals surface area contributed by atoms with Crippen LogP contribution in [0.2, 0.25) is 0 Å². The van der Waals surface area contributed by atoms with Crippen molar-refractivity contribution in [3.05, 3.63) is 0 Å². The van der Waals surface area contributed by atoms with Crippen molar-refractivity contribution in [2.24, 2.45) is 11.8 Å².